The molecule has 1 nitrogen and oxygen atoms in total. The minimum absolute atomic E-state index is 0.0528. The summed E-state index contributed by atoms with van der Waals surface area (Å²) in [4.78, 5) is 0. The summed E-state index contributed by atoms with van der Waals surface area (Å²) in [5, 5.41) is 0. The van der Waals surface area contributed by atoms with Crippen molar-refractivity contribution in [1.82, 2.24) is 0 Å². The number of alkyl halides is 3. The molecule has 0 bridgehead atoms. The first kappa shape index (κ1) is 12.8. The van der Waals surface area contributed by atoms with Crippen LogP contribution in [0.4, 0.5) is 13.2 Å². The molecule has 88 valence electrons. The van der Waals surface area contributed by atoms with E-state index in [1.807, 2.05) is 0 Å². The minimum Gasteiger partial charge on any atom is -0.401 e. The van der Waals surface area contributed by atoms with Gasteiger partial charge in [-0.05, 0) is 45.0 Å². The second-order valence-electron chi connectivity index (χ2n) is 4.90. The first-order chi connectivity index (χ1) is 6.66. The average molecular weight is 238 g/mol. The van der Waals surface area contributed by atoms with Crippen molar-refractivity contribution >= 4 is 8.32 Å². The van der Waals surface area contributed by atoms with Gasteiger partial charge in [-0.2, -0.15) is 13.2 Å². The standard InChI is InChI=1S/C10H17F3OSi/c1-15(2,3)14-9(10(11,12)13)7-5-4-6-8-9/h5,7H,4,6,8H2,1-3H3. The van der Waals surface area contributed by atoms with E-state index in [1.54, 1.807) is 25.7 Å². The van der Waals surface area contributed by atoms with Gasteiger partial charge in [0.2, 0.25) is 0 Å². The van der Waals surface area contributed by atoms with E-state index in [1.165, 1.54) is 6.08 Å². The molecule has 0 aliphatic heterocycles. The predicted molar refractivity (Wildman–Crippen MR) is 56.2 cm³/mol. The molecule has 0 aromatic rings. The first-order valence-electron chi connectivity index (χ1n) is 5.11. The van der Waals surface area contributed by atoms with Crippen LogP contribution in [0.3, 0.4) is 0 Å². The molecule has 0 aromatic heterocycles. The van der Waals surface area contributed by atoms with E-state index in [-0.39, 0.29) is 6.42 Å². The van der Waals surface area contributed by atoms with Gasteiger partial charge >= 0.3 is 6.18 Å². The lowest BCUT2D eigenvalue weighted by Crippen LogP contribution is -2.52. The molecule has 1 aliphatic rings. The molecule has 0 spiro atoms. The van der Waals surface area contributed by atoms with Gasteiger partial charge in [-0.1, -0.05) is 6.08 Å². The summed E-state index contributed by atoms with van der Waals surface area (Å²) in [6.45, 7) is 5.34. The van der Waals surface area contributed by atoms with Crippen molar-refractivity contribution in [2.75, 3.05) is 0 Å². The molecule has 0 amide bonds. The fourth-order valence-corrected chi connectivity index (χ4v) is 3.14. The maximum Gasteiger partial charge on any atom is 0.420 e. The van der Waals surface area contributed by atoms with Gasteiger partial charge in [0.1, 0.15) is 0 Å². The molecule has 0 saturated carbocycles. The predicted octanol–water partition coefficient (Wildman–Crippen LogP) is 3.88. The Hall–Kier alpha value is -0.293. The second-order valence-corrected chi connectivity index (χ2v) is 9.33. The smallest absolute Gasteiger partial charge is 0.401 e. The fraction of sp³-hybridized carbons (Fsp3) is 0.800. The molecule has 0 heterocycles. The minimum atomic E-state index is -4.30. The number of hydrogen-bond donors (Lipinski definition) is 0. The summed E-state index contributed by atoms with van der Waals surface area (Å²) < 4.78 is 44.3. The molecule has 0 radical (unpaired) electrons. The summed E-state index contributed by atoms with van der Waals surface area (Å²) in [5.74, 6) is 0. The van der Waals surface area contributed by atoms with Crippen LogP contribution >= 0.6 is 0 Å². The van der Waals surface area contributed by atoms with Crippen LogP contribution in [0.25, 0.3) is 0 Å². The maximum absolute atomic E-state index is 13.0. The summed E-state index contributed by atoms with van der Waals surface area (Å²) in [6, 6.07) is 0. The van der Waals surface area contributed by atoms with Crippen molar-refractivity contribution in [2.45, 2.75) is 50.7 Å². The molecule has 5 heteroatoms. The van der Waals surface area contributed by atoms with Gasteiger partial charge < -0.3 is 4.43 Å². The SMILES string of the molecule is C[Si](C)(C)OC1(C(F)(F)F)C=CCCC1. The van der Waals surface area contributed by atoms with Crippen molar-refractivity contribution in [2.24, 2.45) is 0 Å². The Morgan fingerprint density at radius 2 is 1.87 bits per heavy atom. The molecule has 0 N–H and O–H groups in total. The first-order valence-corrected chi connectivity index (χ1v) is 8.52. The van der Waals surface area contributed by atoms with Crippen LogP contribution in [0, 0.1) is 0 Å². The van der Waals surface area contributed by atoms with E-state index in [4.69, 9.17) is 4.43 Å². The Labute approximate surface area is 89.4 Å². The molecular formula is C10H17F3OSi. The van der Waals surface area contributed by atoms with Gasteiger partial charge in [-0.15, -0.1) is 0 Å². The van der Waals surface area contributed by atoms with E-state index < -0.39 is 20.1 Å². The average Bonchev–Trinajstić information content (AvgIpc) is 2.00. The topological polar surface area (TPSA) is 9.23 Å². The Balaban J connectivity index is 2.97. The van der Waals surface area contributed by atoms with E-state index >= 15 is 0 Å². The maximum atomic E-state index is 13.0. The third kappa shape index (κ3) is 3.08. The summed E-state index contributed by atoms with van der Waals surface area (Å²) in [7, 11) is -2.20. The highest BCUT2D eigenvalue weighted by Crippen LogP contribution is 2.42. The quantitative estimate of drug-likeness (QED) is 0.524. The van der Waals surface area contributed by atoms with Crippen molar-refractivity contribution in [3.63, 3.8) is 0 Å². The van der Waals surface area contributed by atoms with Gasteiger partial charge in [0.15, 0.2) is 13.9 Å². The Kier molecular flexibility index (Phi) is 3.35. The van der Waals surface area contributed by atoms with E-state index in [0.29, 0.717) is 12.8 Å². The van der Waals surface area contributed by atoms with Gasteiger partial charge in [-0.3, -0.25) is 0 Å². The largest absolute Gasteiger partial charge is 0.420 e. The van der Waals surface area contributed by atoms with Gasteiger partial charge in [0.25, 0.3) is 0 Å². The van der Waals surface area contributed by atoms with Crippen LogP contribution in [0.15, 0.2) is 12.2 Å². The zero-order valence-electron chi connectivity index (χ0n) is 9.32. The lowest BCUT2D eigenvalue weighted by Gasteiger charge is -2.40. The molecule has 1 unspecified atom stereocenters. The van der Waals surface area contributed by atoms with Gasteiger partial charge in [0, 0.05) is 0 Å². The van der Waals surface area contributed by atoms with Crippen LogP contribution < -0.4 is 0 Å². The van der Waals surface area contributed by atoms with E-state index in [9.17, 15) is 13.2 Å². The van der Waals surface area contributed by atoms with E-state index in [0.717, 1.165) is 0 Å². The highest BCUT2D eigenvalue weighted by molar-refractivity contribution is 6.69. The second kappa shape index (κ2) is 3.94. The summed E-state index contributed by atoms with van der Waals surface area (Å²) in [6.07, 6.45) is -0.208. The van der Waals surface area contributed by atoms with E-state index in [2.05, 4.69) is 0 Å². The normalized spacial score (nSPS) is 28.1. The lowest BCUT2D eigenvalue weighted by molar-refractivity contribution is -0.235. The van der Waals surface area contributed by atoms with Crippen molar-refractivity contribution in [3.05, 3.63) is 12.2 Å². The number of halogens is 3. The summed E-state index contributed by atoms with van der Waals surface area (Å²) >= 11 is 0. The number of hydrogen-bond acceptors (Lipinski definition) is 1. The van der Waals surface area contributed by atoms with Crippen LogP contribution in [0.1, 0.15) is 19.3 Å². The number of allylic oxidation sites excluding steroid dienone is 1. The lowest BCUT2D eigenvalue weighted by atomic mass is 9.91. The zero-order chi connectivity index (χ0) is 11.7. The van der Waals surface area contributed by atoms with Crippen LogP contribution in [0.2, 0.25) is 19.6 Å². The highest BCUT2D eigenvalue weighted by Gasteiger charge is 2.55. The Morgan fingerprint density at radius 1 is 1.27 bits per heavy atom. The Morgan fingerprint density at radius 3 is 2.20 bits per heavy atom. The molecule has 0 fully saturated rings. The third-order valence-corrected chi connectivity index (χ3v) is 3.25. The molecular weight excluding hydrogens is 221 g/mol. The molecule has 0 saturated heterocycles. The van der Waals surface area contributed by atoms with Crippen LogP contribution in [-0.2, 0) is 4.43 Å². The Bertz CT molecular complexity index is 254. The molecule has 1 aliphatic carbocycles. The molecule has 0 aromatic carbocycles. The van der Waals surface area contributed by atoms with Crippen molar-refractivity contribution in [3.8, 4) is 0 Å². The fourth-order valence-electron chi connectivity index (χ4n) is 1.77. The van der Waals surface area contributed by atoms with Crippen molar-refractivity contribution in [1.29, 1.82) is 0 Å². The van der Waals surface area contributed by atoms with Gasteiger partial charge in [0.05, 0.1) is 0 Å². The third-order valence-electron chi connectivity index (χ3n) is 2.27. The molecule has 1 atom stereocenters. The van der Waals surface area contributed by atoms with Crippen LogP contribution in [0.5, 0.6) is 0 Å². The van der Waals surface area contributed by atoms with Crippen molar-refractivity contribution < 1.29 is 17.6 Å². The van der Waals surface area contributed by atoms with Gasteiger partial charge in [-0.25, -0.2) is 0 Å². The monoisotopic (exact) mass is 238 g/mol. The molecule has 15 heavy (non-hydrogen) atoms. The number of rotatable bonds is 2. The highest BCUT2D eigenvalue weighted by atomic mass is 28.4. The molecule has 1 rings (SSSR count). The van der Waals surface area contributed by atoms with Crippen LogP contribution in [-0.4, -0.2) is 20.1 Å². The summed E-state index contributed by atoms with van der Waals surface area (Å²) in [5.41, 5.74) is -2.02. The zero-order valence-corrected chi connectivity index (χ0v) is 10.3.